The van der Waals surface area contributed by atoms with E-state index in [9.17, 15) is 0 Å². The van der Waals surface area contributed by atoms with Gasteiger partial charge < -0.3 is 4.74 Å². The monoisotopic (exact) mass is 280 g/mol. The van der Waals surface area contributed by atoms with E-state index in [1.807, 2.05) is 6.20 Å². The quantitative estimate of drug-likeness (QED) is 0.732. The van der Waals surface area contributed by atoms with Crippen LogP contribution in [0.4, 0.5) is 5.82 Å². The molecule has 3 heterocycles. The summed E-state index contributed by atoms with van der Waals surface area (Å²) in [4.78, 5) is 8.98. The summed E-state index contributed by atoms with van der Waals surface area (Å²) in [6.07, 6.45) is 3.86. The van der Waals surface area contributed by atoms with E-state index in [0.717, 1.165) is 36.3 Å². The topological polar surface area (TPSA) is 34.5 Å². The Labute approximate surface area is 103 Å². The second-order valence-electron chi connectivity index (χ2n) is 4.42. The van der Waals surface area contributed by atoms with Crippen LogP contribution in [-0.2, 0) is 10.2 Å². The molecule has 84 valence electrons. The van der Waals surface area contributed by atoms with E-state index in [1.165, 1.54) is 11.3 Å². The summed E-state index contributed by atoms with van der Waals surface area (Å²) in [5, 5.41) is 0. The van der Waals surface area contributed by atoms with Crippen LogP contribution in [0.1, 0.15) is 25.3 Å². The molecule has 2 aliphatic heterocycles. The number of hydrogen-bond acceptors (Lipinski definition) is 3. The first kappa shape index (κ1) is 10.4. The molecule has 1 aromatic rings. The number of ether oxygens (including phenoxy) is 1. The summed E-state index contributed by atoms with van der Waals surface area (Å²) in [5.74, 6) is 0.891. The smallest absolute Gasteiger partial charge is 0.155 e. The van der Waals surface area contributed by atoms with Gasteiger partial charge in [0.2, 0.25) is 0 Å². The fourth-order valence-electron chi connectivity index (χ4n) is 2.69. The van der Waals surface area contributed by atoms with Crippen LogP contribution >= 0.6 is 15.9 Å². The molecule has 0 radical (unpaired) electrons. The molecule has 2 aliphatic rings. The van der Waals surface area contributed by atoms with E-state index >= 15 is 0 Å². The lowest BCUT2D eigenvalue weighted by molar-refractivity contribution is 0.0716. The van der Waals surface area contributed by atoms with Crippen molar-refractivity contribution in [2.45, 2.75) is 25.2 Å². The zero-order chi connectivity index (χ0) is 11.2. The van der Waals surface area contributed by atoms with E-state index in [0.29, 0.717) is 0 Å². The average molecular weight is 281 g/mol. The number of aromatic nitrogens is 1. The second kappa shape index (κ2) is 3.64. The minimum absolute atomic E-state index is 0.0877. The van der Waals surface area contributed by atoms with Crippen molar-refractivity contribution >= 4 is 27.5 Å². The fraction of sp³-hybridized carbons (Fsp3) is 0.500. The predicted molar refractivity (Wildman–Crippen MR) is 66.4 cm³/mol. The molecule has 1 fully saturated rings. The molecule has 16 heavy (non-hydrogen) atoms. The molecule has 1 saturated heterocycles. The van der Waals surface area contributed by atoms with Gasteiger partial charge >= 0.3 is 0 Å². The average Bonchev–Trinajstić information content (AvgIpc) is 2.55. The number of fused-ring (bicyclic) bond motifs is 2. The molecule has 0 aliphatic carbocycles. The standard InChI is InChI=1S/C12H13BrN2O/c1-8-12(2-4-16-5-3-12)10-6-9(13)7-14-11(10)15-8/h6-7H,2-5H2,1H3. The van der Waals surface area contributed by atoms with Gasteiger partial charge in [-0.3, -0.25) is 0 Å². The summed E-state index contributed by atoms with van der Waals surface area (Å²) in [6, 6.07) is 2.16. The molecule has 3 rings (SSSR count). The van der Waals surface area contributed by atoms with Crippen LogP contribution in [0.25, 0.3) is 0 Å². The van der Waals surface area contributed by atoms with Crippen molar-refractivity contribution in [1.29, 1.82) is 0 Å². The van der Waals surface area contributed by atoms with Crippen molar-refractivity contribution < 1.29 is 4.74 Å². The molecular formula is C12H13BrN2O. The van der Waals surface area contributed by atoms with Gasteiger partial charge in [0.1, 0.15) is 0 Å². The summed E-state index contributed by atoms with van der Waals surface area (Å²) in [6.45, 7) is 3.75. The Bertz CT molecular complexity index is 464. The molecule has 4 heteroatoms. The van der Waals surface area contributed by atoms with Gasteiger partial charge in [-0.15, -0.1) is 0 Å². The first-order valence-corrected chi connectivity index (χ1v) is 6.31. The molecular weight excluding hydrogens is 268 g/mol. The SMILES string of the molecule is CC1=Nc2ncc(Br)cc2C12CCOCC2. The largest absolute Gasteiger partial charge is 0.381 e. The number of halogens is 1. The lowest BCUT2D eigenvalue weighted by Gasteiger charge is -2.34. The first-order valence-electron chi connectivity index (χ1n) is 5.52. The van der Waals surface area contributed by atoms with Gasteiger partial charge in [-0.05, 0) is 41.8 Å². The maximum atomic E-state index is 5.46. The predicted octanol–water partition coefficient (Wildman–Crippen LogP) is 3.00. The van der Waals surface area contributed by atoms with Gasteiger partial charge in [0.25, 0.3) is 0 Å². The molecule has 0 atom stereocenters. The van der Waals surface area contributed by atoms with Crippen LogP contribution in [0.3, 0.4) is 0 Å². The molecule has 0 N–H and O–H groups in total. The van der Waals surface area contributed by atoms with E-state index < -0.39 is 0 Å². The highest BCUT2D eigenvalue weighted by molar-refractivity contribution is 9.10. The Morgan fingerprint density at radius 3 is 2.88 bits per heavy atom. The maximum absolute atomic E-state index is 5.46. The van der Waals surface area contributed by atoms with Crippen LogP contribution in [0, 0.1) is 0 Å². The number of pyridine rings is 1. The number of nitrogens with zero attached hydrogens (tertiary/aromatic N) is 2. The Morgan fingerprint density at radius 1 is 1.38 bits per heavy atom. The molecule has 0 unspecified atom stereocenters. The van der Waals surface area contributed by atoms with Crippen molar-refractivity contribution in [2.75, 3.05) is 13.2 Å². The normalized spacial score (nSPS) is 22.0. The number of aliphatic imine (C=N–C) groups is 1. The lowest BCUT2D eigenvalue weighted by atomic mass is 9.73. The summed E-state index contributed by atoms with van der Waals surface area (Å²) >= 11 is 3.49. The Balaban J connectivity index is 2.14. The van der Waals surface area contributed by atoms with Crippen molar-refractivity contribution in [3.05, 3.63) is 22.3 Å². The van der Waals surface area contributed by atoms with Crippen LogP contribution in [0.2, 0.25) is 0 Å². The Morgan fingerprint density at radius 2 is 2.12 bits per heavy atom. The lowest BCUT2D eigenvalue weighted by Crippen LogP contribution is -2.37. The van der Waals surface area contributed by atoms with Gasteiger partial charge in [0.05, 0.1) is 0 Å². The van der Waals surface area contributed by atoms with Gasteiger partial charge in [0, 0.05) is 40.6 Å². The zero-order valence-electron chi connectivity index (χ0n) is 9.16. The van der Waals surface area contributed by atoms with Crippen LogP contribution in [-0.4, -0.2) is 23.9 Å². The van der Waals surface area contributed by atoms with E-state index in [1.54, 1.807) is 0 Å². The maximum Gasteiger partial charge on any atom is 0.155 e. The highest BCUT2D eigenvalue weighted by Crippen LogP contribution is 2.46. The van der Waals surface area contributed by atoms with Crippen molar-refractivity contribution in [3.63, 3.8) is 0 Å². The summed E-state index contributed by atoms with van der Waals surface area (Å²) in [5.41, 5.74) is 2.55. The van der Waals surface area contributed by atoms with Gasteiger partial charge in [-0.25, -0.2) is 9.98 Å². The van der Waals surface area contributed by atoms with E-state index in [-0.39, 0.29) is 5.41 Å². The molecule has 0 bridgehead atoms. The first-order chi connectivity index (χ1) is 7.72. The van der Waals surface area contributed by atoms with E-state index in [4.69, 9.17) is 4.74 Å². The number of rotatable bonds is 0. The number of hydrogen-bond donors (Lipinski definition) is 0. The van der Waals surface area contributed by atoms with Crippen molar-refractivity contribution in [2.24, 2.45) is 4.99 Å². The van der Waals surface area contributed by atoms with Crippen LogP contribution < -0.4 is 0 Å². The third-order valence-electron chi connectivity index (χ3n) is 3.66. The molecule has 3 nitrogen and oxygen atoms in total. The van der Waals surface area contributed by atoms with Crippen LogP contribution in [0.15, 0.2) is 21.7 Å². The fourth-order valence-corrected chi connectivity index (χ4v) is 3.02. The third-order valence-corrected chi connectivity index (χ3v) is 4.10. The molecule has 0 saturated carbocycles. The minimum atomic E-state index is 0.0877. The molecule has 0 amide bonds. The third kappa shape index (κ3) is 1.36. The van der Waals surface area contributed by atoms with Gasteiger partial charge in [0.15, 0.2) is 5.82 Å². The van der Waals surface area contributed by atoms with Crippen molar-refractivity contribution in [1.82, 2.24) is 4.98 Å². The molecule has 0 aromatic carbocycles. The van der Waals surface area contributed by atoms with Crippen LogP contribution in [0.5, 0.6) is 0 Å². The van der Waals surface area contributed by atoms with Crippen molar-refractivity contribution in [3.8, 4) is 0 Å². The second-order valence-corrected chi connectivity index (χ2v) is 5.33. The summed E-state index contributed by atoms with van der Waals surface area (Å²) < 4.78 is 6.49. The van der Waals surface area contributed by atoms with Gasteiger partial charge in [-0.1, -0.05) is 0 Å². The Hall–Kier alpha value is -0.740. The molecule has 1 spiro atoms. The minimum Gasteiger partial charge on any atom is -0.381 e. The van der Waals surface area contributed by atoms with Gasteiger partial charge in [-0.2, -0.15) is 0 Å². The zero-order valence-corrected chi connectivity index (χ0v) is 10.7. The summed E-state index contributed by atoms with van der Waals surface area (Å²) in [7, 11) is 0. The highest BCUT2D eigenvalue weighted by atomic mass is 79.9. The van der Waals surface area contributed by atoms with E-state index in [2.05, 4.69) is 38.9 Å². The highest BCUT2D eigenvalue weighted by Gasteiger charge is 2.43. The Kier molecular flexibility index (Phi) is 2.37. The molecule has 1 aromatic heterocycles.